The minimum atomic E-state index is -0.559. The van der Waals surface area contributed by atoms with E-state index < -0.39 is 5.82 Å². The standard InChI is InChI=1S/C29H31FN6O2S/c1-3-31-10-11-36(2)16-17-4-6-22(33-15-17)26-14-23-28(39-26)25(8-9-32-23)38-24-7-5-18(12-21(24)30)34-29(37)35-27-19-13-20(19)27/h4-9,12,14-15,19-20,27,31H,3,10-11,13,16H2,1-2H3,(H2,34,35,37). The molecule has 2 fully saturated rings. The summed E-state index contributed by atoms with van der Waals surface area (Å²) < 4.78 is 21.7. The van der Waals surface area contributed by atoms with Crippen LogP contribution in [-0.2, 0) is 6.54 Å². The maximum absolute atomic E-state index is 14.9. The summed E-state index contributed by atoms with van der Waals surface area (Å²) in [6.07, 6.45) is 4.76. The number of fused-ring (bicyclic) bond motifs is 2. The Morgan fingerprint density at radius 2 is 2.03 bits per heavy atom. The lowest BCUT2D eigenvalue weighted by molar-refractivity contribution is 0.250. The van der Waals surface area contributed by atoms with Crippen molar-refractivity contribution in [3.8, 4) is 22.1 Å². The average molecular weight is 547 g/mol. The number of nitrogens with one attached hydrogen (secondary N) is 3. The highest BCUT2D eigenvalue weighted by atomic mass is 32.1. The Morgan fingerprint density at radius 3 is 2.74 bits per heavy atom. The zero-order valence-corrected chi connectivity index (χ0v) is 22.7. The molecular weight excluding hydrogens is 515 g/mol. The number of pyridine rings is 2. The molecule has 39 heavy (non-hydrogen) atoms. The van der Waals surface area contributed by atoms with Crippen LogP contribution in [0.25, 0.3) is 20.8 Å². The van der Waals surface area contributed by atoms with E-state index in [-0.39, 0.29) is 17.8 Å². The number of ether oxygens (including phenoxy) is 1. The van der Waals surface area contributed by atoms with Crippen LogP contribution in [-0.4, -0.2) is 53.6 Å². The van der Waals surface area contributed by atoms with Gasteiger partial charge in [-0.1, -0.05) is 13.0 Å². The molecule has 0 radical (unpaired) electrons. The van der Waals surface area contributed by atoms with Gasteiger partial charge in [0.15, 0.2) is 11.6 Å². The van der Waals surface area contributed by atoms with Crippen LogP contribution in [0.4, 0.5) is 14.9 Å². The molecule has 2 saturated carbocycles. The second-order valence-corrected chi connectivity index (χ2v) is 11.3. The largest absolute Gasteiger partial charge is 0.453 e. The summed E-state index contributed by atoms with van der Waals surface area (Å²) in [5, 5.41) is 8.95. The summed E-state index contributed by atoms with van der Waals surface area (Å²) in [5.41, 5.74) is 3.14. The number of nitrogens with zero attached hydrogens (tertiary/aromatic N) is 3. The topological polar surface area (TPSA) is 91.4 Å². The number of hydrogen-bond donors (Lipinski definition) is 3. The number of carbonyl (C=O) groups excluding carboxylic acids is 1. The van der Waals surface area contributed by atoms with Gasteiger partial charge in [-0.2, -0.15) is 0 Å². The molecule has 0 bridgehead atoms. The average Bonchev–Trinajstić information content (AvgIpc) is 3.80. The van der Waals surface area contributed by atoms with Gasteiger partial charge in [0.2, 0.25) is 0 Å². The van der Waals surface area contributed by atoms with E-state index in [9.17, 15) is 9.18 Å². The molecule has 2 aliphatic carbocycles. The zero-order valence-electron chi connectivity index (χ0n) is 21.9. The lowest BCUT2D eigenvalue weighted by atomic mass is 10.2. The van der Waals surface area contributed by atoms with E-state index >= 15 is 0 Å². The third-order valence-electron chi connectivity index (χ3n) is 7.21. The van der Waals surface area contributed by atoms with Crippen molar-refractivity contribution in [1.29, 1.82) is 0 Å². The van der Waals surface area contributed by atoms with Crippen molar-refractivity contribution >= 4 is 33.3 Å². The van der Waals surface area contributed by atoms with Gasteiger partial charge in [-0.05, 0) is 61.7 Å². The number of hydrogen-bond acceptors (Lipinski definition) is 7. The predicted molar refractivity (Wildman–Crippen MR) is 152 cm³/mol. The van der Waals surface area contributed by atoms with Gasteiger partial charge < -0.3 is 25.6 Å². The number of benzene rings is 1. The van der Waals surface area contributed by atoms with E-state index in [0.29, 0.717) is 23.3 Å². The van der Waals surface area contributed by atoms with E-state index in [4.69, 9.17) is 4.74 Å². The van der Waals surface area contributed by atoms with Gasteiger partial charge in [-0.25, -0.2) is 9.18 Å². The Labute approximate surface area is 230 Å². The summed E-state index contributed by atoms with van der Waals surface area (Å²) in [6, 6.07) is 12.2. The van der Waals surface area contributed by atoms with E-state index in [1.165, 1.54) is 29.9 Å². The first-order valence-electron chi connectivity index (χ1n) is 13.3. The summed E-state index contributed by atoms with van der Waals surface area (Å²) in [7, 11) is 2.10. The monoisotopic (exact) mass is 546 g/mol. The highest BCUT2D eigenvalue weighted by molar-refractivity contribution is 7.22. The molecule has 4 aromatic rings. The Bertz CT molecular complexity index is 1490. The fraction of sp³-hybridized carbons (Fsp3) is 0.345. The molecule has 0 saturated heterocycles. The number of halogens is 1. The summed E-state index contributed by atoms with van der Waals surface area (Å²) in [6.45, 7) is 5.84. The molecule has 8 nitrogen and oxygen atoms in total. The molecule has 2 unspecified atom stereocenters. The van der Waals surface area contributed by atoms with Crippen molar-refractivity contribution in [2.75, 3.05) is 32.0 Å². The fourth-order valence-electron chi connectivity index (χ4n) is 4.71. The van der Waals surface area contributed by atoms with Crippen molar-refractivity contribution in [3.63, 3.8) is 0 Å². The predicted octanol–water partition coefficient (Wildman–Crippen LogP) is 5.47. The van der Waals surface area contributed by atoms with Gasteiger partial charge in [-0.15, -0.1) is 11.3 Å². The second kappa shape index (κ2) is 10.9. The minimum Gasteiger partial charge on any atom is -0.453 e. The minimum absolute atomic E-state index is 0.0765. The molecular formula is C29H31FN6O2S. The van der Waals surface area contributed by atoms with Gasteiger partial charge in [-0.3, -0.25) is 9.97 Å². The summed E-state index contributed by atoms with van der Waals surface area (Å²) >= 11 is 1.51. The molecule has 10 heteroatoms. The number of aromatic nitrogens is 2. The van der Waals surface area contributed by atoms with Crippen molar-refractivity contribution in [1.82, 2.24) is 25.5 Å². The normalized spacial score (nSPS) is 19.1. The maximum Gasteiger partial charge on any atom is 0.319 e. The molecule has 3 N–H and O–H groups in total. The van der Waals surface area contributed by atoms with Crippen LogP contribution in [0.15, 0.2) is 54.9 Å². The van der Waals surface area contributed by atoms with Crippen molar-refractivity contribution < 1.29 is 13.9 Å². The maximum atomic E-state index is 14.9. The quantitative estimate of drug-likeness (QED) is 0.216. The van der Waals surface area contributed by atoms with Crippen molar-refractivity contribution in [2.45, 2.75) is 25.9 Å². The van der Waals surface area contributed by atoms with Gasteiger partial charge in [0, 0.05) is 55.9 Å². The number of carbonyl (C=O) groups is 1. The highest BCUT2D eigenvalue weighted by Gasteiger charge is 2.64. The smallest absolute Gasteiger partial charge is 0.319 e. The lowest BCUT2D eigenvalue weighted by Crippen LogP contribution is -2.33. The molecule has 3 heterocycles. The van der Waals surface area contributed by atoms with Crippen LogP contribution >= 0.6 is 11.3 Å². The number of urea groups is 1. The Morgan fingerprint density at radius 1 is 1.15 bits per heavy atom. The highest BCUT2D eigenvalue weighted by Crippen LogP contribution is 2.62. The summed E-state index contributed by atoms with van der Waals surface area (Å²) in [4.78, 5) is 24.5. The molecule has 0 aliphatic heterocycles. The zero-order chi connectivity index (χ0) is 26.9. The Hall–Kier alpha value is -3.60. The number of anilines is 1. The number of rotatable bonds is 11. The van der Waals surface area contributed by atoms with Crippen LogP contribution in [0.3, 0.4) is 0 Å². The third kappa shape index (κ3) is 5.88. The molecule has 202 valence electrons. The van der Waals surface area contributed by atoms with Gasteiger partial charge in [0.1, 0.15) is 5.75 Å². The van der Waals surface area contributed by atoms with E-state index in [0.717, 1.165) is 52.5 Å². The third-order valence-corrected chi connectivity index (χ3v) is 8.37. The number of thiophene rings is 1. The Balaban J connectivity index is 1.12. The van der Waals surface area contributed by atoms with Crippen LogP contribution in [0.5, 0.6) is 11.5 Å². The van der Waals surface area contributed by atoms with Crippen LogP contribution in [0.1, 0.15) is 18.9 Å². The van der Waals surface area contributed by atoms with Crippen LogP contribution in [0, 0.1) is 17.7 Å². The van der Waals surface area contributed by atoms with Crippen molar-refractivity contribution in [2.24, 2.45) is 11.8 Å². The Kier molecular flexibility index (Phi) is 7.16. The van der Waals surface area contributed by atoms with E-state index in [1.807, 2.05) is 18.3 Å². The van der Waals surface area contributed by atoms with Crippen molar-refractivity contribution in [3.05, 3.63) is 66.2 Å². The fourth-order valence-corrected chi connectivity index (χ4v) is 5.76. The SMILES string of the molecule is CCNCCN(C)Cc1ccc(-c2cc3nccc(Oc4ccc(NC(=O)NC5C6CC65)cc4F)c3s2)nc1. The van der Waals surface area contributed by atoms with Gasteiger partial charge in [0.25, 0.3) is 0 Å². The van der Waals surface area contributed by atoms with Gasteiger partial charge >= 0.3 is 6.03 Å². The molecule has 2 atom stereocenters. The second-order valence-electron chi connectivity index (χ2n) is 10.2. The molecule has 0 spiro atoms. The van der Waals surface area contributed by atoms with E-state index in [1.54, 1.807) is 18.3 Å². The number of likely N-dealkylation sites (N-methyl/N-ethyl adjacent to an activating group) is 2. The summed E-state index contributed by atoms with van der Waals surface area (Å²) in [5.74, 6) is 1.33. The molecule has 2 amide bonds. The van der Waals surface area contributed by atoms with Gasteiger partial charge in [0.05, 0.1) is 20.8 Å². The molecule has 2 aliphatic rings. The lowest BCUT2D eigenvalue weighted by Gasteiger charge is -2.16. The number of amides is 2. The first kappa shape index (κ1) is 25.7. The first-order chi connectivity index (χ1) is 19.0. The molecule has 3 aromatic heterocycles. The van der Waals surface area contributed by atoms with Crippen LogP contribution in [0.2, 0.25) is 0 Å². The molecule has 1 aromatic carbocycles. The van der Waals surface area contributed by atoms with E-state index in [2.05, 4.69) is 50.9 Å². The van der Waals surface area contributed by atoms with Crippen LogP contribution < -0.4 is 20.7 Å². The first-order valence-corrected chi connectivity index (χ1v) is 14.1. The molecule has 6 rings (SSSR count).